The summed E-state index contributed by atoms with van der Waals surface area (Å²) >= 11 is 0. The largest absolute Gasteiger partial charge is 0.303 e. The summed E-state index contributed by atoms with van der Waals surface area (Å²) in [5.74, 6) is 0.179. The van der Waals surface area contributed by atoms with Gasteiger partial charge in [-0.3, -0.25) is 4.99 Å². The number of aldehydes is 1. The van der Waals surface area contributed by atoms with E-state index in [9.17, 15) is 4.79 Å². The lowest BCUT2D eigenvalue weighted by Gasteiger charge is -2.05. The number of dihydropyridines is 1. The third-order valence-corrected chi connectivity index (χ3v) is 1.28. The molecule has 0 saturated carbocycles. The average molecular weight is 150 g/mol. The first-order valence-corrected chi connectivity index (χ1v) is 3.10. The molecule has 0 amide bonds. The Kier molecular flexibility index (Phi) is 2.41. The fraction of sp³-hybridized carbons (Fsp3) is 0.333. The molecule has 0 bridgehead atoms. The zero-order valence-corrected chi connectivity index (χ0v) is 5.71. The molecule has 1 rings (SSSR count). The minimum Gasteiger partial charge on any atom is -0.303 e. The molecule has 1 aliphatic heterocycles. The molecule has 0 aliphatic carbocycles. The zero-order chi connectivity index (χ0) is 8.10. The van der Waals surface area contributed by atoms with Crippen LogP contribution in [0.3, 0.4) is 0 Å². The van der Waals surface area contributed by atoms with E-state index in [0.717, 1.165) is 6.29 Å². The Morgan fingerprint density at radius 2 is 2.73 bits per heavy atom. The molecule has 0 radical (unpaired) electrons. The molecule has 0 N–H and O–H groups in total. The predicted octanol–water partition coefficient (Wildman–Crippen LogP) is 1.08. The summed E-state index contributed by atoms with van der Waals surface area (Å²) in [6.07, 6.45) is 4.03. The van der Waals surface area contributed by atoms with Crippen molar-refractivity contribution in [3.8, 4) is 0 Å². The van der Waals surface area contributed by atoms with Crippen molar-refractivity contribution >= 4 is 12.1 Å². The second-order valence-corrected chi connectivity index (χ2v) is 2.05. The first-order chi connectivity index (χ1) is 5.36. The highest BCUT2D eigenvalue weighted by molar-refractivity contribution is 5.94. The van der Waals surface area contributed by atoms with E-state index in [0.29, 0.717) is 12.4 Å². The van der Waals surface area contributed by atoms with E-state index >= 15 is 0 Å². The normalized spacial score (nSPS) is 21.8. The van der Waals surface area contributed by atoms with Crippen molar-refractivity contribution < 1.29 is 4.79 Å². The number of azide groups is 1. The van der Waals surface area contributed by atoms with Crippen molar-refractivity contribution in [2.75, 3.05) is 6.54 Å². The van der Waals surface area contributed by atoms with E-state index in [1.807, 2.05) is 0 Å². The van der Waals surface area contributed by atoms with Crippen molar-refractivity contribution in [3.63, 3.8) is 0 Å². The summed E-state index contributed by atoms with van der Waals surface area (Å²) < 4.78 is 0. The van der Waals surface area contributed by atoms with Gasteiger partial charge in [-0.2, -0.15) is 0 Å². The number of carbonyl (C=O) groups excluding carboxylic acids is 1. The fourth-order valence-corrected chi connectivity index (χ4v) is 0.721. The van der Waals surface area contributed by atoms with E-state index in [4.69, 9.17) is 5.53 Å². The molecule has 0 fully saturated rings. The van der Waals surface area contributed by atoms with Gasteiger partial charge in [-0.05, 0) is 16.7 Å². The molecule has 5 nitrogen and oxygen atoms in total. The average Bonchev–Trinajstić information content (AvgIpc) is 2.07. The molecule has 5 heteroatoms. The highest BCUT2D eigenvalue weighted by atomic mass is 16.1. The van der Waals surface area contributed by atoms with Gasteiger partial charge in [0.05, 0.1) is 12.5 Å². The van der Waals surface area contributed by atoms with Gasteiger partial charge in [-0.15, -0.1) is 0 Å². The standard InChI is InChI=1S/C6H6N4O/c7-10-9-6-2-1-5(4-11)3-8-6/h1-2,4-5H,3H2. The molecule has 0 aromatic heterocycles. The van der Waals surface area contributed by atoms with Crippen LogP contribution in [0.25, 0.3) is 10.4 Å². The number of nitrogens with zero attached hydrogens (tertiary/aromatic N) is 4. The Bertz CT molecular complexity index is 262. The van der Waals surface area contributed by atoms with Crippen molar-refractivity contribution in [2.45, 2.75) is 0 Å². The maximum absolute atomic E-state index is 10.2. The number of amidine groups is 1. The van der Waals surface area contributed by atoms with E-state index in [1.165, 1.54) is 0 Å². The molecule has 0 saturated heterocycles. The van der Waals surface area contributed by atoms with Crippen LogP contribution in [0.5, 0.6) is 0 Å². The van der Waals surface area contributed by atoms with Crippen LogP contribution in [-0.4, -0.2) is 18.7 Å². The summed E-state index contributed by atoms with van der Waals surface area (Å²) in [5, 5.41) is 3.28. The molecular weight excluding hydrogens is 144 g/mol. The van der Waals surface area contributed by atoms with Gasteiger partial charge in [0.1, 0.15) is 12.1 Å². The minimum atomic E-state index is -0.160. The van der Waals surface area contributed by atoms with E-state index in [1.54, 1.807) is 12.2 Å². The van der Waals surface area contributed by atoms with Gasteiger partial charge in [-0.1, -0.05) is 6.08 Å². The highest BCUT2D eigenvalue weighted by Gasteiger charge is 2.06. The number of hydrogen-bond donors (Lipinski definition) is 0. The molecule has 1 heterocycles. The first-order valence-electron chi connectivity index (χ1n) is 3.10. The summed E-state index contributed by atoms with van der Waals surface area (Å²) in [7, 11) is 0. The lowest BCUT2D eigenvalue weighted by atomic mass is 10.1. The van der Waals surface area contributed by atoms with Gasteiger partial charge in [0.25, 0.3) is 0 Å². The van der Waals surface area contributed by atoms with E-state index in [2.05, 4.69) is 15.0 Å². The van der Waals surface area contributed by atoms with Gasteiger partial charge in [0.2, 0.25) is 0 Å². The van der Waals surface area contributed by atoms with Gasteiger partial charge in [-0.25, -0.2) is 0 Å². The van der Waals surface area contributed by atoms with Crippen molar-refractivity contribution in [3.05, 3.63) is 22.6 Å². The van der Waals surface area contributed by atoms with Crippen LogP contribution in [0.1, 0.15) is 0 Å². The van der Waals surface area contributed by atoms with Gasteiger partial charge in [0.15, 0.2) is 0 Å². The maximum Gasteiger partial charge on any atom is 0.128 e. The lowest BCUT2D eigenvalue weighted by molar-refractivity contribution is -0.109. The summed E-state index contributed by atoms with van der Waals surface area (Å²) in [4.78, 5) is 16.6. The number of hydrogen-bond acceptors (Lipinski definition) is 3. The Morgan fingerprint density at radius 1 is 1.91 bits per heavy atom. The second-order valence-electron chi connectivity index (χ2n) is 2.05. The van der Waals surface area contributed by atoms with Crippen LogP contribution in [0.4, 0.5) is 0 Å². The van der Waals surface area contributed by atoms with Gasteiger partial charge in [0, 0.05) is 4.91 Å². The minimum absolute atomic E-state index is 0.160. The van der Waals surface area contributed by atoms with Crippen LogP contribution >= 0.6 is 0 Å². The summed E-state index contributed by atoms with van der Waals surface area (Å²) in [6, 6.07) is 0. The molecule has 56 valence electrons. The Labute approximate surface area is 63.1 Å². The number of rotatable bonds is 1. The van der Waals surface area contributed by atoms with Gasteiger partial charge >= 0.3 is 0 Å². The summed E-state index contributed by atoms with van der Waals surface area (Å²) in [6.45, 7) is 0.383. The fourth-order valence-electron chi connectivity index (χ4n) is 0.721. The molecule has 0 spiro atoms. The maximum atomic E-state index is 10.2. The van der Waals surface area contributed by atoms with E-state index in [-0.39, 0.29) is 5.92 Å². The predicted molar refractivity (Wildman–Crippen MR) is 40.1 cm³/mol. The van der Waals surface area contributed by atoms with E-state index < -0.39 is 0 Å². The molecule has 0 aromatic carbocycles. The smallest absolute Gasteiger partial charge is 0.128 e. The number of carbonyl (C=O) groups is 1. The second kappa shape index (κ2) is 3.53. The Balaban J connectivity index is 2.66. The number of aliphatic imine (C=N–C) groups is 1. The molecule has 1 atom stereocenters. The molecule has 1 unspecified atom stereocenters. The first kappa shape index (κ1) is 7.50. The SMILES string of the molecule is [N-]=[N+]=NC1=NCC(C=O)C=C1. The molecule has 1 aliphatic rings. The van der Waals surface area contributed by atoms with Crippen molar-refractivity contribution in [1.82, 2.24) is 0 Å². The lowest BCUT2D eigenvalue weighted by Crippen LogP contribution is -2.09. The third-order valence-electron chi connectivity index (χ3n) is 1.28. The van der Waals surface area contributed by atoms with Crippen LogP contribution in [0.2, 0.25) is 0 Å². The molecule has 0 aromatic rings. The monoisotopic (exact) mass is 150 g/mol. The quantitative estimate of drug-likeness (QED) is 0.238. The van der Waals surface area contributed by atoms with Crippen LogP contribution in [0.15, 0.2) is 22.3 Å². The highest BCUT2D eigenvalue weighted by Crippen LogP contribution is 2.03. The van der Waals surface area contributed by atoms with Crippen molar-refractivity contribution in [1.29, 1.82) is 0 Å². The van der Waals surface area contributed by atoms with Crippen LogP contribution < -0.4 is 0 Å². The van der Waals surface area contributed by atoms with Crippen LogP contribution in [-0.2, 0) is 4.79 Å². The third kappa shape index (κ3) is 1.91. The van der Waals surface area contributed by atoms with Crippen molar-refractivity contribution in [2.24, 2.45) is 16.0 Å². The zero-order valence-electron chi connectivity index (χ0n) is 5.71. The Morgan fingerprint density at radius 3 is 3.18 bits per heavy atom. The molecule has 11 heavy (non-hydrogen) atoms. The van der Waals surface area contributed by atoms with Crippen LogP contribution in [0, 0.1) is 5.92 Å². The topological polar surface area (TPSA) is 78.2 Å². The Hall–Kier alpha value is -1.61. The summed E-state index contributed by atoms with van der Waals surface area (Å²) in [5.41, 5.74) is 8.02. The van der Waals surface area contributed by atoms with Gasteiger partial charge < -0.3 is 4.79 Å². The molecular formula is C6H6N4O.